The van der Waals surface area contributed by atoms with Gasteiger partial charge in [-0.15, -0.1) is 0 Å². The molecule has 0 bridgehead atoms. The third kappa shape index (κ3) is 4.97. The Morgan fingerprint density at radius 3 is 2.36 bits per heavy atom. The first-order valence-corrected chi connectivity index (χ1v) is 9.23. The standard InChI is InChI=1S/C20H32N4O/c1-5-21-19(24(4)15-17-11-7-6-8-12-17)22-16-20(13-9-10-14-20)18(25)23(2)3/h6-8,11-12H,5,9-10,13-16H2,1-4H3,(H,21,22). The maximum absolute atomic E-state index is 12.7. The number of nitrogens with one attached hydrogen (secondary N) is 1. The normalized spacial score (nSPS) is 16.6. The van der Waals surface area contributed by atoms with E-state index in [4.69, 9.17) is 4.99 Å². The number of hydrogen-bond donors (Lipinski definition) is 1. The summed E-state index contributed by atoms with van der Waals surface area (Å²) < 4.78 is 0. The SMILES string of the molecule is CCNC(=NCC1(C(=O)N(C)C)CCCC1)N(C)Cc1ccccc1. The molecule has 2 rings (SSSR count). The van der Waals surface area contributed by atoms with E-state index in [0.717, 1.165) is 44.7 Å². The van der Waals surface area contributed by atoms with Crippen molar-refractivity contribution in [2.24, 2.45) is 10.4 Å². The van der Waals surface area contributed by atoms with Crippen molar-refractivity contribution < 1.29 is 4.79 Å². The molecule has 0 atom stereocenters. The number of amides is 1. The quantitative estimate of drug-likeness (QED) is 0.638. The van der Waals surface area contributed by atoms with Crippen molar-refractivity contribution in [3.63, 3.8) is 0 Å². The van der Waals surface area contributed by atoms with Gasteiger partial charge in [0.1, 0.15) is 0 Å². The highest BCUT2D eigenvalue weighted by Crippen LogP contribution is 2.39. The van der Waals surface area contributed by atoms with Crippen LogP contribution in [0.4, 0.5) is 0 Å². The van der Waals surface area contributed by atoms with Crippen molar-refractivity contribution >= 4 is 11.9 Å². The molecule has 1 aromatic carbocycles. The van der Waals surface area contributed by atoms with E-state index in [1.54, 1.807) is 4.90 Å². The van der Waals surface area contributed by atoms with E-state index in [2.05, 4.69) is 41.4 Å². The van der Waals surface area contributed by atoms with Gasteiger partial charge in [-0.05, 0) is 25.3 Å². The van der Waals surface area contributed by atoms with E-state index in [0.29, 0.717) is 6.54 Å². The Labute approximate surface area is 152 Å². The Morgan fingerprint density at radius 2 is 1.80 bits per heavy atom. The molecule has 1 amide bonds. The summed E-state index contributed by atoms with van der Waals surface area (Å²) in [5, 5.41) is 3.36. The largest absolute Gasteiger partial charge is 0.357 e. The van der Waals surface area contributed by atoms with Gasteiger partial charge in [-0.2, -0.15) is 0 Å². The van der Waals surface area contributed by atoms with Gasteiger partial charge in [-0.25, -0.2) is 0 Å². The molecule has 1 aliphatic carbocycles. The summed E-state index contributed by atoms with van der Waals surface area (Å²) in [7, 11) is 5.74. The van der Waals surface area contributed by atoms with Crippen molar-refractivity contribution in [3.05, 3.63) is 35.9 Å². The smallest absolute Gasteiger partial charge is 0.230 e. The highest BCUT2D eigenvalue weighted by Gasteiger charge is 2.42. The van der Waals surface area contributed by atoms with Crippen molar-refractivity contribution in [2.75, 3.05) is 34.2 Å². The molecule has 1 fully saturated rings. The zero-order chi connectivity index (χ0) is 18.3. The Kier molecular flexibility index (Phi) is 6.85. The number of rotatable bonds is 6. The monoisotopic (exact) mass is 344 g/mol. The number of guanidine groups is 1. The van der Waals surface area contributed by atoms with Gasteiger partial charge in [0.25, 0.3) is 0 Å². The zero-order valence-corrected chi connectivity index (χ0v) is 16.1. The molecule has 1 N–H and O–H groups in total. The molecule has 0 radical (unpaired) electrons. The van der Waals surface area contributed by atoms with Crippen LogP contribution in [0.5, 0.6) is 0 Å². The maximum atomic E-state index is 12.7. The van der Waals surface area contributed by atoms with Gasteiger partial charge < -0.3 is 15.1 Å². The van der Waals surface area contributed by atoms with Crippen molar-refractivity contribution in [2.45, 2.75) is 39.2 Å². The second kappa shape index (κ2) is 8.88. The lowest BCUT2D eigenvalue weighted by atomic mass is 9.85. The number of benzene rings is 1. The average molecular weight is 345 g/mol. The molecule has 25 heavy (non-hydrogen) atoms. The molecule has 0 aromatic heterocycles. The van der Waals surface area contributed by atoms with Crippen molar-refractivity contribution in [3.8, 4) is 0 Å². The van der Waals surface area contributed by atoms with E-state index in [1.165, 1.54) is 5.56 Å². The molecule has 0 unspecified atom stereocenters. The fourth-order valence-corrected chi connectivity index (χ4v) is 3.59. The lowest BCUT2D eigenvalue weighted by Gasteiger charge is -2.30. The number of carbonyl (C=O) groups excluding carboxylic acids is 1. The van der Waals surface area contributed by atoms with Crippen LogP contribution in [0.3, 0.4) is 0 Å². The summed E-state index contributed by atoms with van der Waals surface area (Å²) in [6.45, 7) is 4.24. The second-order valence-electron chi connectivity index (χ2n) is 7.20. The molecule has 1 aromatic rings. The lowest BCUT2D eigenvalue weighted by molar-refractivity contribution is -0.138. The molecule has 0 saturated heterocycles. The molecule has 0 aliphatic heterocycles. The Balaban J connectivity index is 2.13. The molecule has 1 saturated carbocycles. The van der Waals surface area contributed by atoms with E-state index >= 15 is 0 Å². The van der Waals surface area contributed by atoms with Crippen LogP contribution < -0.4 is 5.32 Å². The predicted molar refractivity (Wildman–Crippen MR) is 103 cm³/mol. The van der Waals surface area contributed by atoms with E-state index in [1.807, 2.05) is 27.2 Å². The lowest BCUT2D eigenvalue weighted by Crippen LogP contribution is -2.43. The van der Waals surface area contributed by atoms with Gasteiger partial charge in [-0.1, -0.05) is 43.2 Å². The van der Waals surface area contributed by atoms with Crippen LogP contribution in [0.25, 0.3) is 0 Å². The van der Waals surface area contributed by atoms with Crippen LogP contribution in [-0.2, 0) is 11.3 Å². The number of aliphatic imine (C=N–C) groups is 1. The number of nitrogens with zero attached hydrogens (tertiary/aromatic N) is 3. The molecular weight excluding hydrogens is 312 g/mol. The first kappa shape index (κ1) is 19.3. The number of hydrogen-bond acceptors (Lipinski definition) is 2. The molecule has 0 heterocycles. The maximum Gasteiger partial charge on any atom is 0.230 e. The summed E-state index contributed by atoms with van der Waals surface area (Å²) in [6, 6.07) is 10.4. The van der Waals surface area contributed by atoms with Gasteiger partial charge in [-0.3, -0.25) is 9.79 Å². The molecule has 138 valence electrons. The summed E-state index contributed by atoms with van der Waals surface area (Å²) in [4.78, 5) is 21.4. The van der Waals surface area contributed by atoms with E-state index < -0.39 is 0 Å². The fraction of sp³-hybridized carbons (Fsp3) is 0.600. The van der Waals surface area contributed by atoms with E-state index in [9.17, 15) is 4.79 Å². The molecule has 5 heteroatoms. The van der Waals surface area contributed by atoms with Gasteiger partial charge in [0.15, 0.2) is 5.96 Å². The van der Waals surface area contributed by atoms with Gasteiger partial charge >= 0.3 is 0 Å². The molecule has 0 spiro atoms. The fourth-order valence-electron chi connectivity index (χ4n) is 3.59. The third-order valence-electron chi connectivity index (χ3n) is 4.91. The van der Waals surface area contributed by atoms with Gasteiger partial charge in [0.2, 0.25) is 5.91 Å². The molecule has 1 aliphatic rings. The van der Waals surface area contributed by atoms with Gasteiger partial charge in [0, 0.05) is 34.2 Å². The van der Waals surface area contributed by atoms with Crippen molar-refractivity contribution in [1.82, 2.24) is 15.1 Å². The minimum Gasteiger partial charge on any atom is -0.357 e. The summed E-state index contributed by atoms with van der Waals surface area (Å²) in [5.74, 6) is 1.08. The van der Waals surface area contributed by atoms with Crippen LogP contribution in [0.2, 0.25) is 0 Å². The molecular formula is C20H32N4O. The average Bonchev–Trinajstić information content (AvgIpc) is 3.08. The van der Waals surface area contributed by atoms with E-state index in [-0.39, 0.29) is 11.3 Å². The number of carbonyl (C=O) groups is 1. The van der Waals surface area contributed by atoms with Crippen LogP contribution >= 0.6 is 0 Å². The predicted octanol–water partition coefficient (Wildman–Crippen LogP) is 2.73. The van der Waals surface area contributed by atoms with Crippen LogP contribution in [-0.4, -0.2) is 55.9 Å². The Morgan fingerprint density at radius 1 is 1.16 bits per heavy atom. The molecule has 5 nitrogen and oxygen atoms in total. The first-order valence-electron chi connectivity index (χ1n) is 9.23. The minimum absolute atomic E-state index is 0.218. The highest BCUT2D eigenvalue weighted by atomic mass is 16.2. The Bertz CT molecular complexity index is 577. The van der Waals surface area contributed by atoms with Gasteiger partial charge in [0.05, 0.1) is 12.0 Å². The van der Waals surface area contributed by atoms with Crippen LogP contribution in [0.1, 0.15) is 38.2 Å². The minimum atomic E-state index is -0.322. The zero-order valence-electron chi connectivity index (χ0n) is 16.1. The Hall–Kier alpha value is -2.04. The van der Waals surface area contributed by atoms with Crippen LogP contribution in [0.15, 0.2) is 35.3 Å². The summed E-state index contributed by atoms with van der Waals surface area (Å²) in [5.41, 5.74) is 0.924. The highest BCUT2D eigenvalue weighted by molar-refractivity contribution is 5.84. The second-order valence-corrected chi connectivity index (χ2v) is 7.20. The topological polar surface area (TPSA) is 47.9 Å². The van der Waals surface area contributed by atoms with Crippen molar-refractivity contribution in [1.29, 1.82) is 0 Å². The third-order valence-corrected chi connectivity index (χ3v) is 4.91. The van der Waals surface area contributed by atoms with Crippen LogP contribution in [0, 0.1) is 5.41 Å². The summed E-state index contributed by atoms with van der Waals surface area (Å²) >= 11 is 0. The first-order chi connectivity index (χ1) is 12.0. The summed E-state index contributed by atoms with van der Waals surface area (Å²) in [6.07, 6.45) is 4.11.